The molecule has 1 aromatic carbocycles. The molecule has 2 aromatic heterocycles. The third kappa shape index (κ3) is 3.92. The Bertz CT molecular complexity index is 799. The van der Waals surface area contributed by atoms with Crippen LogP contribution in [0.3, 0.4) is 0 Å². The predicted molar refractivity (Wildman–Crippen MR) is 87.1 cm³/mol. The number of aromatic nitrogens is 7. The quantitative estimate of drug-likeness (QED) is 0.667. The maximum Gasteiger partial charge on any atom is 0.232 e. The molecule has 10 heteroatoms. The van der Waals surface area contributed by atoms with Gasteiger partial charge in [-0.3, -0.25) is 0 Å². The molecule has 3 aromatic rings. The molecule has 0 saturated heterocycles. The molecule has 0 atom stereocenters. The number of nitrogens with zero attached hydrogens (tertiary/aromatic N) is 7. The van der Waals surface area contributed by atoms with Crippen LogP contribution in [0.4, 0.5) is 17.6 Å². The van der Waals surface area contributed by atoms with Crippen molar-refractivity contribution >= 4 is 29.3 Å². The van der Waals surface area contributed by atoms with Gasteiger partial charge in [0, 0.05) is 12.7 Å². The zero-order valence-electron chi connectivity index (χ0n) is 12.6. The van der Waals surface area contributed by atoms with Crippen LogP contribution >= 0.6 is 11.8 Å². The van der Waals surface area contributed by atoms with Gasteiger partial charge in [0.05, 0.1) is 5.75 Å². The molecule has 0 fully saturated rings. The van der Waals surface area contributed by atoms with Gasteiger partial charge in [-0.2, -0.15) is 15.0 Å². The third-order valence-corrected chi connectivity index (χ3v) is 3.92. The highest BCUT2D eigenvalue weighted by Crippen LogP contribution is 2.19. The zero-order chi connectivity index (χ0) is 16.2. The number of rotatable bonds is 5. The van der Waals surface area contributed by atoms with Crippen LogP contribution in [0.5, 0.6) is 0 Å². The maximum atomic E-state index is 5.76. The Hall–Kier alpha value is -2.75. The summed E-state index contributed by atoms with van der Waals surface area (Å²) in [6.45, 7) is 2.03. The SMILES string of the molecule is Cc1ccc(Nc2nc(N)nc(CSc3nnnn3C)n2)cc1. The first-order valence-electron chi connectivity index (χ1n) is 6.79. The monoisotopic (exact) mass is 329 g/mol. The predicted octanol–water partition coefficient (Wildman–Crippen LogP) is 1.32. The summed E-state index contributed by atoms with van der Waals surface area (Å²) in [5.74, 6) is 1.62. The Labute approximate surface area is 136 Å². The van der Waals surface area contributed by atoms with Gasteiger partial charge in [0.2, 0.25) is 17.1 Å². The summed E-state index contributed by atoms with van der Waals surface area (Å²) in [5, 5.41) is 15.1. The van der Waals surface area contributed by atoms with E-state index in [1.807, 2.05) is 31.2 Å². The second kappa shape index (κ2) is 6.57. The van der Waals surface area contributed by atoms with Gasteiger partial charge in [-0.25, -0.2) is 4.68 Å². The van der Waals surface area contributed by atoms with E-state index in [0.717, 1.165) is 5.69 Å². The van der Waals surface area contributed by atoms with Crippen LogP contribution in [-0.4, -0.2) is 35.2 Å². The summed E-state index contributed by atoms with van der Waals surface area (Å²) in [6.07, 6.45) is 0. The molecule has 3 N–H and O–H groups in total. The van der Waals surface area contributed by atoms with Gasteiger partial charge >= 0.3 is 0 Å². The van der Waals surface area contributed by atoms with Gasteiger partial charge in [0.1, 0.15) is 5.82 Å². The summed E-state index contributed by atoms with van der Waals surface area (Å²) < 4.78 is 1.58. The lowest BCUT2D eigenvalue weighted by Crippen LogP contribution is -2.06. The van der Waals surface area contributed by atoms with Crippen LogP contribution in [-0.2, 0) is 12.8 Å². The summed E-state index contributed by atoms with van der Waals surface area (Å²) in [7, 11) is 1.77. The number of thioether (sulfide) groups is 1. The maximum absolute atomic E-state index is 5.76. The lowest BCUT2D eigenvalue weighted by molar-refractivity contribution is 0.664. The van der Waals surface area contributed by atoms with Crippen LogP contribution < -0.4 is 11.1 Å². The molecule has 118 valence electrons. The fourth-order valence-corrected chi connectivity index (χ4v) is 2.50. The standard InChI is InChI=1S/C13H15N9S/c1-8-3-5-9(6-4-8)15-12-17-10(16-11(14)18-12)7-23-13-19-20-21-22(13)2/h3-6H,7H2,1-2H3,(H3,14,15,16,17,18). The summed E-state index contributed by atoms with van der Waals surface area (Å²) in [4.78, 5) is 12.6. The molecule has 0 amide bonds. The Morgan fingerprint density at radius 2 is 1.96 bits per heavy atom. The minimum absolute atomic E-state index is 0.168. The lowest BCUT2D eigenvalue weighted by Gasteiger charge is -2.07. The fourth-order valence-electron chi connectivity index (χ4n) is 1.80. The van der Waals surface area contributed by atoms with Crippen molar-refractivity contribution in [3.05, 3.63) is 35.7 Å². The number of hydrogen-bond acceptors (Lipinski definition) is 9. The van der Waals surface area contributed by atoms with Gasteiger partial charge < -0.3 is 11.1 Å². The average Bonchev–Trinajstić information content (AvgIpc) is 2.92. The van der Waals surface area contributed by atoms with E-state index in [0.29, 0.717) is 22.7 Å². The molecule has 0 aliphatic carbocycles. The Morgan fingerprint density at radius 3 is 2.65 bits per heavy atom. The van der Waals surface area contributed by atoms with E-state index in [1.165, 1.54) is 17.3 Å². The number of anilines is 3. The van der Waals surface area contributed by atoms with Crippen LogP contribution in [0.25, 0.3) is 0 Å². The molecule has 9 nitrogen and oxygen atoms in total. The molecule has 3 rings (SSSR count). The first-order valence-corrected chi connectivity index (χ1v) is 7.78. The summed E-state index contributed by atoms with van der Waals surface area (Å²) >= 11 is 1.42. The second-order valence-corrected chi connectivity index (χ2v) is 5.74. The Balaban J connectivity index is 1.73. The topological polar surface area (TPSA) is 120 Å². The number of aryl methyl sites for hydroxylation is 2. The van der Waals surface area contributed by atoms with E-state index in [-0.39, 0.29) is 5.95 Å². The van der Waals surface area contributed by atoms with Crippen molar-refractivity contribution in [2.75, 3.05) is 11.1 Å². The first-order chi connectivity index (χ1) is 11.1. The van der Waals surface area contributed by atoms with Crippen molar-refractivity contribution in [3.8, 4) is 0 Å². The number of nitrogens with one attached hydrogen (secondary N) is 1. The molecule has 0 radical (unpaired) electrons. The average molecular weight is 329 g/mol. The summed E-state index contributed by atoms with van der Waals surface area (Å²) in [5.41, 5.74) is 7.83. The van der Waals surface area contributed by atoms with Crippen LogP contribution in [0, 0.1) is 6.92 Å². The highest BCUT2D eigenvalue weighted by Gasteiger charge is 2.08. The van der Waals surface area contributed by atoms with Crippen molar-refractivity contribution < 1.29 is 0 Å². The third-order valence-electron chi connectivity index (χ3n) is 2.92. The smallest absolute Gasteiger partial charge is 0.232 e. The molecule has 0 spiro atoms. The molecule has 0 aliphatic heterocycles. The van der Waals surface area contributed by atoms with Crippen LogP contribution in [0.15, 0.2) is 29.4 Å². The zero-order valence-corrected chi connectivity index (χ0v) is 13.4. The highest BCUT2D eigenvalue weighted by atomic mass is 32.2. The Morgan fingerprint density at radius 1 is 1.17 bits per heavy atom. The molecular weight excluding hydrogens is 314 g/mol. The molecule has 2 heterocycles. The van der Waals surface area contributed by atoms with Gasteiger partial charge in [-0.15, -0.1) is 5.10 Å². The van der Waals surface area contributed by atoms with E-state index >= 15 is 0 Å². The summed E-state index contributed by atoms with van der Waals surface area (Å²) in [6, 6.07) is 7.92. The first kappa shape index (κ1) is 15.2. The van der Waals surface area contributed by atoms with Gasteiger partial charge in [-0.05, 0) is 29.5 Å². The second-order valence-electron chi connectivity index (χ2n) is 4.80. The minimum Gasteiger partial charge on any atom is -0.368 e. The van der Waals surface area contributed by atoms with Crippen LogP contribution in [0.2, 0.25) is 0 Å². The lowest BCUT2D eigenvalue weighted by atomic mass is 10.2. The van der Waals surface area contributed by atoms with Crippen molar-refractivity contribution in [2.24, 2.45) is 7.05 Å². The molecule has 0 unspecified atom stereocenters. The van der Waals surface area contributed by atoms with Crippen molar-refractivity contribution in [1.29, 1.82) is 0 Å². The van der Waals surface area contributed by atoms with E-state index in [9.17, 15) is 0 Å². The molecule has 0 saturated carbocycles. The van der Waals surface area contributed by atoms with Crippen molar-refractivity contribution in [1.82, 2.24) is 35.2 Å². The van der Waals surface area contributed by atoms with E-state index in [4.69, 9.17) is 5.73 Å². The molecule has 0 bridgehead atoms. The van der Waals surface area contributed by atoms with Crippen molar-refractivity contribution in [3.63, 3.8) is 0 Å². The molecular formula is C13H15N9S. The van der Waals surface area contributed by atoms with Crippen molar-refractivity contribution in [2.45, 2.75) is 17.8 Å². The largest absolute Gasteiger partial charge is 0.368 e. The number of hydrogen-bond donors (Lipinski definition) is 2. The van der Waals surface area contributed by atoms with Gasteiger partial charge in [-0.1, -0.05) is 29.5 Å². The number of tetrazole rings is 1. The van der Waals surface area contributed by atoms with E-state index < -0.39 is 0 Å². The van der Waals surface area contributed by atoms with E-state index in [1.54, 1.807) is 11.7 Å². The fraction of sp³-hybridized carbons (Fsp3) is 0.231. The minimum atomic E-state index is 0.168. The Kier molecular flexibility index (Phi) is 4.33. The van der Waals surface area contributed by atoms with Gasteiger partial charge in [0.25, 0.3) is 0 Å². The van der Waals surface area contributed by atoms with Gasteiger partial charge in [0.15, 0.2) is 0 Å². The number of nitrogens with two attached hydrogens (primary N) is 1. The molecule has 0 aliphatic rings. The normalized spacial score (nSPS) is 10.7. The molecule has 23 heavy (non-hydrogen) atoms. The highest BCUT2D eigenvalue weighted by molar-refractivity contribution is 7.98. The van der Waals surface area contributed by atoms with Crippen LogP contribution in [0.1, 0.15) is 11.4 Å². The number of nitrogen functional groups attached to an aromatic ring is 1. The number of benzene rings is 1. The van der Waals surface area contributed by atoms with E-state index in [2.05, 4.69) is 35.8 Å².